The van der Waals surface area contributed by atoms with Gasteiger partial charge in [-0.05, 0) is 37.8 Å². The van der Waals surface area contributed by atoms with Gasteiger partial charge in [0.1, 0.15) is 0 Å². The van der Waals surface area contributed by atoms with Crippen molar-refractivity contribution in [2.24, 2.45) is 0 Å². The molecule has 1 aliphatic rings. The number of carbonyl (C=O) groups is 1. The summed E-state index contributed by atoms with van der Waals surface area (Å²) in [7, 11) is 0. The number of hydrogen-bond donors (Lipinski definition) is 1. The Morgan fingerprint density at radius 1 is 1.56 bits per heavy atom. The van der Waals surface area contributed by atoms with Gasteiger partial charge >= 0.3 is 0 Å². The Hall–Kier alpha value is -0.580. The monoisotopic (exact) mass is 288 g/mol. The molecule has 0 saturated carbocycles. The lowest BCUT2D eigenvalue weighted by Gasteiger charge is -2.29. The molecule has 1 atom stereocenters. The highest BCUT2D eigenvalue weighted by atomic mass is 35.5. The summed E-state index contributed by atoms with van der Waals surface area (Å²) in [5.41, 5.74) is 0. The number of rotatable bonds is 4. The van der Waals surface area contributed by atoms with Crippen molar-refractivity contribution >= 4 is 29.7 Å². The van der Waals surface area contributed by atoms with Crippen LogP contribution in [0, 0.1) is 0 Å². The van der Waals surface area contributed by atoms with E-state index in [1.807, 2.05) is 17.9 Å². The summed E-state index contributed by atoms with van der Waals surface area (Å²) < 4.78 is 0. The third-order valence-electron chi connectivity index (χ3n) is 3.23. The first kappa shape index (κ1) is 15.5. The van der Waals surface area contributed by atoms with Crippen molar-refractivity contribution in [2.45, 2.75) is 38.8 Å². The maximum atomic E-state index is 12.3. The zero-order valence-electron chi connectivity index (χ0n) is 10.7. The molecule has 1 aliphatic heterocycles. The largest absolute Gasteiger partial charge is 0.336 e. The van der Waals surface area contributed by atoms with Gasteiger partial charge in [-0.3, -0.25) is 4.79 Å². The predicted molar refractivity (Wildman–Crippen MR) is 78.3 cm³/mol. The molecule has 1 saturated heterocycles. The first-order valence-electron chi connectivity index (χ1n) is 6.36. The van der Waals surface area contributed by atoms with E-state index in [4.69, 9.17) is 0 Å². The van der Waals surface area contributed by atoms with Gasteiger partial charge in [-0.1, -0.05) is 12.5 Å². The van der Waals surface area contributed by atoms with Crippen LogP contribution in [0.2, 0.25) is 0 Å². The molecule has 0 aliphatic carbocycles. The van der Waals surface area contributed by atoms with Gasteiger partial charge in [-0.2, -0.15) is 0 Å². The van der Waals surface area contributed by atoms with Crippen LogP contribution >= 0.6 is 23.7 Å². The zero-order valence-corrected chi connectivity index (χ0v) is 12.4. The first-order chi connectivity index (χ1) is 8.31. The average Bonchev–Trinajstić information content (AvgIpc) is 2.89. The molecule has 18 heavy (non-hydrogen) atoms. The van der Waals surface area contributed by atoms with E-state index in [1.54, 1.807) is 11.3 Å². The minimum Gasteiger partial charge on any atom is -0.336 e. The summed E-state index contributed by atoms with van der Waals surface area (Å²) in [5, 5.41) is 5.39. The topological polar surface area (TPSA) is 32.3 Å². The molecule has 1 amide bonds. The predicted octanol–water partition coefficient (Wildman–Crippen LogP) is 2.66. The van der Waals surface area contributed by atoms with E-state index >= 15 is 0 Å². The summed E-state index contributed by atoms with van der Waals surface area (Å²) in [6.45, 7) is 4.57. The van der Waals surface area contributed by atoms with Crippen LogP contribution in [0.5, 0.6) is 0 Å². The molecule has 1 aromatic rings. The molecule has 0 radical (unpaired) electrons. The number of thiophene rings is 1. The number of halogens is 1. The summed E-state index contributed by atoms with van der Waals surface area (Å²) in [6, 6.07) is 4.18. The van der Waals surface area contributed by atoms with Crippen LogP contribution in [-0.4, -0.2) is 29.9 Å². The van der Waals surface area contributed by atoms with Crippen LogP contribution in [0.15, 0.2) is 17.5 Å². The number of likely N-dealkylation sites (N-methyl/N-ethyl adjacent to an activating group) is 1. The fraction of sp³-hybridized carbons (Fsp3) is 0.615. The summed E-state index contributed by atoms with van der Waals surface area (Å²) in [4.78, 5) is 15.5. The minimum absolute atomic E-state index is 0. The van der Waals surface area contributed by atoms with E-state index in [9.17, 15) is 4.79 Å². The molecule has 5 heteroatoms. The molecule has 0 bridgehead atoms. The Morgan fingerprint density at radius 3 is 2.94 bits per heavy atom. The van der Waals surface area contributed by atoms with Crippen molar-refractivity contribution in [1.29, 1.82) is 0 Å². The molecule has 2 heterocycles. The highest BCUT2D eigenvalue weighted by Crippen LogP contribution is 2.15. The summed E-state index contributed by atoms with van der Waals surface area (Å²) in [6.07, 6.45) is 3.35. The number of piperidine rings is 1. The maximum absolute atomic E-state index is 12.3. The van der Waals surface area contributed by atoms with E-state index in [1.165, 1.54) is 17.7 Å². The van der Waals surface area contributed by atoms with Gasteiger partial charge in [0.2, 0.25) is 5.91 Å². The highest BCUT2D eigenvalue weighted by molar-refractivity contribution is 7.09. The molecule has 102 valence electrons. The Bertz CT molecular complexity index is 350. The van der Waals surface area contributed by atoms with Crippen LogP contribution in [0.3, 0.4) is 0 Å². The highest BCUT2D eigenvalue weighted by Gasteiger charge is 2.24. The van der Waals surface area contributed by atoms with Crippen LogP contribution < -0.4 is 5.32 Å². The average molecular weight is 289 g/mol. The lowest BCUT2D eigenvalue weighted by molar-refractivity contribution is -0.134. The van der Waals surface area contributed by atoms with Crippen LogP contribution in [0.4, 0.5) is 0 Å². The number of carbonyl (C=O) groups excluding carboxylic acids is 1. The molecule has 1 N–H and O–H groups in total. The van der Waals surface area contributed by atoms with E-state index in [0.717, 1.165) is 26.1 Å². The van der Waals surface area contributed by atoms with Gasteiger partial charge < -0.3 is 10.2 Å². The van der Waals surface area contributed by atoms with Gasteiger partial charge in [0.25, 0.3) is 0 Å². The number of nitrogens with one attached hydrogen (secondary N) is 1. The maximum Gasteiger partial charge on any atom is 0.240 e. The van der Waals surface area contributed by atoms with Crippen LogP contribution in [0.1, 0.15) is 31.1 Å². The Balaban J connectivity index is 0.00000162. The summed E-state index contributed by atoms with van der Waals surface area (Å²) >= 11 is 1.72. The molecule has 1 fully saturated rings. The van der Waals surface area contributed by atoms with Crippen molar-refractivity contribution in [2.75, 3.05) is 13.1 Å². The fourth-order valence-electron chi connectivity index (χ4n) is 2.22. The zero-order chi connectivity index (χ0) is 12.1. The Kier molecular flexibility index (Phi) is 6.68. The molecular formula is C13H21ClN2OS. The number of hydrogen-bond acceptors (Lipinski definition) is 3. The third-order valence-corrected chi connectivity index (χ3v) is 4.09. The molecule has 0 spiro atoms. The van der Waals surface area contributed by atoms with E-state index in [0.29, 0.717) is 0 Å². The van der Waals surface area contributed by atoms with Crippen molar-refractivity contribution in [3.63, 3.8) is 0 Å². The standard InChI is InChI=1S/C13H20N2OS.ClH/c1-2-15(10-11-6-5-9-17-11)13(16)12-7-3-4-8-14-12;/h5-6,9,12,14H,2-4,7-8,10H2,1H3;1H. The third kappa shape index (κ3) is 3.97. The lowest BCUT2D eigenvalue weighted by atomic mass is 10.0. The lowest BCUT2D eigenvalue weighted by Crippen LogP contribution is -2.48. The van der Waals surface area contributed by atoms with Crippen molar-refractivity contribution in [3.05, 3.63) is 22.4 Å². The quantitative estimate of drug-likeness (QED) is 0.924. The van der Waals surface area contributed by atoms with E-state index < -0.39 is 0 Å². The van der Waals surface area contributed by atoms with Crippen LogP contribution in [0.25, 0.3) is 0 Å². The molecule has 1 aromatic heterocycles. The minimum atomic E-state index is 0. The van der Waals surface area contributed by atoms with Crippen molar-refractivity contribution in [1.82, 2.24) is 10.2 Å². The SMILES string of the molecule is CCN(Cc1cccs1)C(=O)C1CCCCN1.Cl. The smallest absolute Gasteiger partial charge is 0.240 e. The molecule has 1 unspecified atom stereocenters. The van der Waals surface area contributed by atoms with Crippen molar-refractivity contribution < 1.29 is 4.79 Å². The van der Waals surface area contributed by atoms with Gasteiger partial charge in [0, 0.05) is 11.4 Å². The van der Waals surface area contributed by atoms with Gasteiger partial charge in [0.15, 0.2) is 0 Å². The van der Waals surface area contributed by atoms with Crippen molar-refractivity contribution in [3.8, 4) is 0 Å². The van der Waals surface area contributed by atoms with Gasteiger partial charge in [-0.25, -0.2) is 0 Å². The van der Waals surface area contributed by atoms with Crippen LogP contribution in [-0.2, 0) is 11.3 Å². The Morgan fingerprint density at radius 2 is 2.39 bits per heavy atom. The number of nitrogens with zero attached hydrogens (tertiary/aromatic N) is 1. The van der Waals surface area contributed by atoms with Gasteiger partial charge in [0.05, 0.1) is 12.6 Å². The number of amides is 1. The van der Waals surface area contributed by atoms with Gasteiger partial charge in [-0.15, -0.1) is 23.7 Å². The molecule has 2 rings (SSSR count). The summed E-state index contributed by atoms with van der Waals surface area (Å²) in [5.74, 6) is 0.264. The normalized spacial score (nSPS) is 19.1. The van der Waals surface area contributed by atoms with E-state index in [2.05, 4.69) is 16.8 Å². The molecular weight excluding hydrogens is 268 g/mol. The molecule has 3 nitrogen and oxygen atoms in total. The second-order valence-electron chi connectivity index (χ2n) is 4.43. The fourth-order valence-corrected chi connectivity index (χ4v) is 2.94. The second-order valence-corrected chi connectivity index (χ2v) is 5.47. The van der Waals surface area contributed by atoms with E-state index in [-0.39, 0.29) is 24.4 Å². The Labute approximate surface area is 119 Å². The molecule has 0 aromatic carbocycles. The first-order valence-corrected chi connectivity index (χ1v) is 7.23. The second kappa shape index (κ2) is 7.77.